The number of nitrogens with one attached hydrogen (secondary N) is 18. The maximum atomic E-state index is 14.5. The van der Waals surface area contributed by atoms with E-state index in [4.69, 9.17) is 4.74 Å². The third-order valence-corrected chi connectivity index (χ3v) is 18.1. The standard InChI is InChI=1S/C77H136N18O21/c1-46(2)40-52(58(104)91-70(8,9)60(106)82-49(33-25-29-37-79-43-97)55(101)89-76(20,21)66(112)95-74(16,17)64(110)85-51(35-27-31-39-81-45-99)57(103)93-77(22,23)67(113)114)86-62(108)72(12,13)88-54(100)48(32-24-28-36-78-42-96)84-63(109)73(14,15)94-65(111)75(18,19)90-56(102)50(34-26-30-38-80-44-98)83-61(107)71(10,11)92-59(105)53(41-47(3)4)87-68(115)116-69(5,6)7/h42-53H,24-41H2,1-23H3,(H,78,96)(H,79,97)(H,80,98)(H,81,99)(H,82,106)(H,83,107)(H,84,109)(H,85,110)(H,86,108)(H,87,115)(H,88,100)(H,89,101)(H,90,102)(H,91,104)(H,92,105)(H,93,103)(H,94,111)(H,95,112)(H,113,114)/t48-,49-,50-,51-,52-,53-/m0/s1. The molecule has 0 aliphatic rings. The molecule has 0 aliphatic carbocycles. The number of carbonyl (C=O) groups is 19. The molecule has 660 valence electrons. The zero-order valence-electron chi connectivity index (χ0n) is 72.3. The summed E-state index contributed by atoms with van der Waals surface area (Å²) in [5.41, 5.74) is -15.4. The highest BCUT2D eigenvalue weighted by Gasteiger charge is 2.45. The maximum Gasteiger partial charge on any atom is 0.408 e. The Morgan fingerprint density at radius 1 is 0.276 bits per heavy atom. The number of ether oxygens (including phenoxy) is 1. The van der Waals surface area contributed by atoms with Crippen molar-refractivity contribution in [1.82, 2.24) is 95.7 Å². The van der Waals surface area contributed by atoms with Gasteiger partial charge in [-0.15, -0.1) is 0 Å². The number of amides is 18. The van der Waals surface area contributed by atoms with Crippen LogP contribution in [0.2, 0.25) is 0 Å². The first-order valence-corrected chi connectivity index (χ1v) is 39.2. The lowest BCUT2D eigenvalue weighted by Gasteiger charge is -2.35. The monoisotopic (exact) mass is 1650 g/mol. The molecule has 0 fully saturated rings. The summed E-state index contributed by atoms with van der Waals surface area (Å²) < 4.78 is 5.36. The molecule has 18 amide bonds. The zero-order chi connectivity index (χ0) is 89.8. The van der Waals surface area contributed by atoms with E-state index in [-0.39, 0.29) is 95.8 Å². The first kappa shape index (κ1) is 106. The minimum Gasteiger partial charge on any atom is -0.480 e. The topological polar surface area (TPSA) is 570 Å². The Kier molecular flexibility index (Phi) is 43.5. The van der Waals surface area contributed by atoms with Crippen LogP contribution in [0.4, 0.5) is 4.79 Å². The van der Waals surface area contributed by atoms with E-state index in [2.05, 4.69) is 95.7 Å². The Bertz CT molecular complexity index is 3400. The molecule has 0 spiro atoms. The van der Waals surface area contributed by atoms with Gasteiger partial charge in [0.05, 0.1) is 0 Å². The molecule has 0 bridgehead atoms. The molecule has 39 nitrogen and oxygen atoms in total. The van der Waals surface area contributed by atoms with E-state index in [0.717, 1.165) is 0 Å². The number of rotatable bonds is 56. The lowest BCUT2D eigenvalue weighted by Crippen LogP contribution is -2.67. The van der Waals surface area contributed by atoms with Gasteiger partial charge in [-0.3, -0.25) is 81.5 Å². The van der Waals surface area contributed by atoms with Gasteiger partial charge in [0.15, 0.2) is 0 Å². The van der Waals surface area contributed by atoms with E-state index in [0.29, 0.717) is 57.7 Å². The van der Waals surface area contributed by atoms with Gasteiger partial charge in [0.1, 0.15) is 86.2 Å². The molecule has 0 heterocycles. The van der Waals surface area contributed by atoms with Crippen LogP contribution in [0.1, 0.15) is 249 Å². The van der Waals surface area contributed by atoms with Crippen molar-refractivity contribution < 1.29 is 101 Å². The lowest BCUT2D eigenvalue weighted by atomic mass is 9.96. The first-order chi connectivity index (χ1) is 53.2. The maximum absolute atomic E-state index is 14.5. The zero-order valence-corrected chi connectivity index (χ0v) is 72.3. The van der Waals surface area contributed by atoms with Crippen LogP contribution in [0.5, 0.6) is 0 Å². The van der Waals surface area contributed by atoms with Crippen molar-refractivity contribution in [2.75, 3.05) is 26.2 Å². The van der Waals surface area contributed by atoms with Gasteiger partial charge in [-0.2, -0.15) is 0 Å². The van der Waals surface area contributed by atoms with E-state index in [1.807, 2.05) is 13.8 Å². The normalized spacial score (nSPS) is 13.7. The van der Waals surface area contributed by atoms with Gasteiger partial charge >= 0.3 is 12.1 Å². The molecule has 0 rings (SSSR count). The fraction of sp³-hybridized carbons (Fsp3) is 0.753. The summed E-state index contributed by atoms with van der Waals surface area (Å²) in [7, 11) is 0. The Hall–Kier alpha value is -10.3. The van der Waals surface area contributed by atoms with Gasteiger partial charge in [0.25, 0.3) is 0 Å². The SMILES string of the molecule is CC(C)C[C@H](NC(=O)OC(C)(C)C)C(=O)NC(C)(C)C(=O)N[C@@H](CCCCNC=O)C(=O)NC(C)(C)C(=O)NC(C)(C)C(=O)N[C@@H](CCCCNC=O)C(=O)NC(C)(C)C(=O)N[C@@H](CC(C)C)C(=O)NC(C)(C)C(=O)N[C@@H](CCCCNC=O)C(=O)NC(C)(C)C(=O)NC(C)(C)C(=O)N[C@@H](CCCCNC=O)C(=O)NC(C)(C)C(=O)O. The number of aliphatic carboxylic acids is 1. The van der Waals surface area contributed by atoms with Crippen molar-refractivity contribution in [2.45, 2.75) is 335 Å². The average molecular weight is 1650 g/mol. The van der Waals surface area contributed by atoms with E-state index in [1.165, 1.54) is 111 Å². The van der Waals surface area contributed by atoms with Gasteiger partial charge in [0.2, 0.25) is 102 Å². The quantitative estimate of drug-likeness (QED) is 0.0265. The van der Waals surface area contributed by atoms with E-state index < -0.39 is 175 Å². The molecule has 0 saturated carbocycles. The third kappa shape index (κ3) is 39.4. The summed E-state index contributed by atoms with van der Waals surface area (Å²) >= 11 is 0. The molecule has 39 heteroatoms. The highest BCUT2D eigenvalue weighted by atomic mass is 16.6. The second kappa shape index (κ2) is 47.7. The predicted molar refractivity (Wildman–Crippen MR) is 429 cm³/mol. The number of unbranched alkanes of at least 4 members (excludes halogenated alkanes) is 4. The molecular weight excluding hydrogens is 1510 g/mol. The van der Waals surface area contributed by atoms with Crippen LogP contribution in [0, 0.1) is 11.8 Å². The van der Waals surface area contributed by atoms with Crippen molar-refractivity contribution in [3.63, 3.8) is 0 Å². The van der Waals surface area contributed by atoms with Crippen LogP contribution in [-0.4, -0.2) is 232 Å². The molecule has 0 aromatic rings. The largest absolute Gasteiger partial charge is 0.480 e. The van der Waals surface area contributed by atoms with Crippen LogP contribution in [-0.2, 0) is 91.0 Å². The molecule has 0 aromatic carbocycles. The number of hydrogen-bond donors (Lipinski definition) is 19. The summed E-state index contributed by atoms with van der Waals surface area (Å²) in [6.07, 6.45) is 3.46. The molecule has 0 radical (unpaired) electrons. The van der Waals surface area contributed by atoms with Crippen molar-refractivity contribution in [3.8, 4) is 0 Å². The second-order valence-corrected chi connectivity index (χ2v) is 35.0. The van der Waals surface area contributed by atoms with Crippen LogP contribution in [0.25, 0.3) is 0 Å². The second-order valence-electron chi connectivity index (χ2n) is 35.0. The highest BCUT2D eigenvalue weighted by molar-refractivity contribution is 6.03. The lowest BCUT2D eigenvalue weighted by molar-refractivity contribution is -0.146. The van der Waals surface area contributed by atoms with Crippen molar-refractivity contribution in [2.24, 2.45) is 11.8 Å². The number of carbonyl (C=O) groups excluding carboxylic acids is 18. The molecule has 0 unspecified atom stereocenters. The summed E-state index contributed by atoms with van der Waals surface area (Å²) in [5.74, 6) is -13.0. The van der Waals surface area contributed by atoms with Crippen molar-refractivity contribution >= 4 is 114 Å². The van der Waals surface area contributed by atoms with Gasteiger partial charge < -0.3 is 106 Å². The van der Waals surface area contributed by atoms with Crippen molar-refractivity contribution in [3.05, 3.63) is 0 Å². The Morgan fingerprint density at radius 2 is 0.474 bits per heavy atom. The molecule has 6 atom stereocenters. The Morgan fingerprint density at radius 3 is 0.690 bits per heavy atom. The third-order valence-electron chi connectivity index (χ3n) is 18.1. The molecule has 0 saturated heterocycles. The minimum atomic E-state index is -1.87. The molecule has 116 heavy (non-hydrogen) atoms. The predicted octanol–water partition coefficient (Wildman–Crippen LogP) is -0.696. The number of carboxylic acids is 1. The van der Waals surface area contributed by atoms with Crippen LogP contribution >= 0.6 is 0 Å². The summed E-state index contributed by atoms with van der Waals surface area (Å²) in [6.45, 7) is 34.1. The fourth-order valence-electron chi connectivity index (χ4n) is 10.9. The molecule has 19 N–H and O–H groups in total. The van der Waals surface area contributed by atoms with E-state index >= 15 is 0 Å². The summed E-state index contributed by atoms with van der Waals surface area (Å²) in [6, 6.07) is -7.99. The minimum absolute atomic E-state index is 0.00599. The number of carboxylic acid groups (broad SMARTS) is 1. The van der Waals surface area contributed by atoms with E-state index in [9.17, 15) is 96.2 Å². The first-order valence-electron chi connectivity index (χ1n) is 39.2. The smallest absolute Gasteiger partial charge is 0.408 e. The van der Waals surface area contributed by atoms with Gasteiger partial charge in [-0.25, -0.2) is 9.59 Å². The molecular formula is C77H136N18O21. The van der Waals surface area contributed by atoms with E-state index in [1.54, 1.807) is 34.6 Å². The van der Waals surface area contributed by atoms with Crippen LogP contribution in [0.3, 0.4) is 0 Å². The molecule has 0 aliphatic heterocycles. The molecule has 0 aromatic heterocycles. The fourth-order valence-corrected chi connectivity index (χ4v) is 10.9. The van der Waals surface area contributed by atoms with Crippen LogP contribution < -0.4 is 95.7 Å². The Labute approximate surface area is 681 Å². The average Bonchev–Trinajstić information content (AvgIpc) is 0.824. The van der Waals surface area contributed by atoms with Gasteiger partial charge in [-0.05, 0) is 233 Å². The van der Waals surface area contributed by atoms with Gasteiger partial charge in [-0.1, -0.05) is 27.7 Å². The van der Waals surface area contributed by atoms with Gasteiger partial charge in [0, 0.05) is 26.2 Å². The van der Waals surface area contributed by atoms with Crippen molar-refractivity contribution in [1.29, 1.82) is 0 Å². The Balaban J connectivity index is 6.87. The van der Waals surface area contributed by atoms with Crippen LogP contribution in [0.15, 0.2) is 0 Å². The highest BCUT2D eigenvalue weighted by Crippen LogP contribution is 2.20. The summed E-state index contributed by atoms with van der Waals surface area (Å²) in [4.78, 5) is 253. The number of hydrogen-bond acceptors (Lipinski definition) is 20. The summed E-state index contributed by atoms with van der Waals surface area (Å²) in [5, 5.41) is 56.2. The number of alkyl carbamates (subject to hydrolysis) is 1.